The Morgan fingerprint density at radius 1 is 1.38 bits per heavy atom. The summed E-state index contributed by atoms with van der Waals surface area (Å²) in [7, 11) is 0. The summed E-state index contributed by atoms with van der Waals surface area (Å²) in [5, 5.41) is 8.59. The van der Waals surface area contributed by atoms with E-state index in [4.69, 9.17) is 5.26 Å². The van der Waals surface area contributed by atoms with Crippen molar-refractivity contribution in [1.82, 2.24) is 4.90 Å². The normalized spacial score (nSPS) is 14.4. The first-order valence-electron chi connectivity index (χ1n) is 6.79. The van der Waals surface area contributed by atoms with Gasteiger partial charge in [-0.3, -0.25) is 4.79 Å². The lowest BCUT2D eigenvalue weighted by atomic mass is 10.1. The fourth-order valence-electron chi connectivity index (χ4n) is 2.18. The highest BCUT2D eigenvalue weighted by Gasteiger charge is 2.19. The molecule has 1 aromatic rings. The Labute approximate surface area is 124 Å². The van der Waals surface area contributed by atoms with Crippen LogP contribution in [0.5, 0.6) is 0 Å². The standard InChI is InChI=1S/C17H17N3O/c1-13(11-19-14(2)10-18)16-7-5-15(6-8-16)12-20-9-3-4-17(20)21/h5-8,11H,1-4,9,12H2/b19-11+. The predicted molar refractivity (Wildman–Crippen MR) is 83.4 cm³/mol. The van der Waals surface area contributed by atoms with Crippen LogP contribution in [0.2, 0.25) is 0 Å². The van der Waals surface area contributed by atoms with E-state index in [0.29, 0.717) is 13.0 Å². The third-order valence-corrected chi connectivity index (χ3v) is 3.37. The Kier molecular flexibility index (Phi) is 4.68. The summed E-state index contributed by atoms with van der Waals surface area (Å²) in [4.78, 5) is 17.4. The summed E-state index contributed by atoms with van der Waals surface area (Å²) < 4.78 is 0. The van der Waals surface area contributed by atoms with Crippen molar-refractivity contribution in [1.29, 1.82) is 5.26 Å². The first-order chi connectivity index (χ1) is 10.1. The van der Waals surface area contributed by atoms with Gasteiger partial charge in [-0.25, -0.2) is 4.99 Å². The van der Waals surface area contributed by atoms with Crippen molar-refractivity contribution >= 4 is 17.7 Å². The predicted octanol–water partition coefficient (Wildman–Crippen LogP) is 2.93. The van der Waals surface area contributed by atoms with Crippen LogP contribution in [-0.2, 0) is 11.3 Å². The van der Waals surface area contributed by atoms with Crippen LogP contribution in [-0.4, -0.2) is 23.6 Å². The van der Waals surface area contributed by atoms with Crippen molar-refractivity contribution in [3.8, 4) is 6.07 Å². The average Bonchev–Trinajstić information content (AvgIpc) is 2.90. The first-order valence-corrected chi connectivity index (χ1v) is 6.79. The monoisotopic (exact) mass is 279 g/mol. The summed E-state index contributed by atoms with van der Waals surface area (Å²) in [6.45, 7) is 8.89. The maximum Gasteiger partial charge on any atom is 0.222 e. The van der Waals surface area contributed by atoms with Crippen LogP contribution in [0.15, 0.2) is 48.1 Å². The molecule has 0 radical (unpaired) electrons. The van der Waals surface area contributed by atoms with Gasteiger partial charge in [0.1, 0.15) is 11.8 Å². The zero-order valence-electron chi connectivity index (χ0n) is 11.9. The summed E-state index contributed by atoms with van der Waals surface area (Å²) in [6.07, 6.45) is 3.14. The molecule has 0 unspecified atom stereocenters. The molecule has 4 heteroatoms. The van der Waals surface area contributed by atoms with Crippen molar-refractivity contribution in [2.24, 2.45) is 4.99 Å². The molecule has 1 saturated heterocycles. The Hall–Kier alpha value is -2.67. The number of hydrogen-bond acceptors (Lipinski definition) is 3. The molecule has 1 aromatic carbocycles. The summed E-state index contributed by atoms with van der Waals surface area (Å²) in [6, 6.07) is 9.71. The number of aliphatic imine (C=N–C) groups is 1. The number of nitrogens with zero attached hydrogens (tertiary/aromatic N) is 3. The van der Waals surface area contributed by atoms with E-state index in [0.717, 1.165) is 29.7 Å². The molecule has 1 aliphatic heterocycles. The highest BCUT2D eigenvalue weighted by molar-refractivity contribution is 6.09. The molecule has 0 aromatic heterocycles. The highest BCUT2D eigenvalue weighted by Crippen LogP contribution is 2.17. The third-order valence-electron chi connectivity index (χ3n) is 3.37. The van der Waals surface area contributed by atoms with Crippen LogP contribution >= 0.6 is 0 Å². The van der Waals surface area contributed by atoms with E-state index in [1.807, 2.05) is 35.2 Å². The number of hydrogen-bond donors (Lipinski definition) is 0. The lowest BCUT2D eigenvalue weighted by Crippen LogP contribution is -2.23. The molecule has 0 atom stereocenters. The molecule has 1 fully saturated rings. The molecule has 0 saturated carbocycles. The highest BCUT2D eigenvalue weighted by atomic mass is 16.2. The van der Waals surface area contributed by atoms with E-state index in [1.165, 1.54) is 6.21 Å². The maximum absolute atomic E-state index is 11.6. The van der Waals surface area contributed by atoms with Gasteiger partial charge in [0.25, 0.3) is 0 Å². The van der Waals surface area contributed by atoms with E-state index < -0.39 is 0 Å². The second kappa shape index (κ2) is 6.67. The Morgan fingerprint density at radius 3 is 2.67 bits per heavy atom. The average molecular weight is 279 g/mol. The molecule has 4 nitrogen and oxygen atoms in total. The van der Waals surface area contributed by atoms with Crippen molar-refractivity contribution in [2.75, 3.05) is 6.54 Å². The van der Waals surface area contributed by atoms with Gasteiger partial charge in [-0.2, -0.15) is 5.26 Å². The topological polar surface area (TPSA) is 56.5 Å². The minimum atomic E-state index is 0.153. The Morgan fingerprint density at radius 2 is 2.10 bits per heavy atom. The number of nitriles is 1. The molecule has 1 aliphatic rings. The number of allylic oxidation sites excluding steroid dienone is 2. The SMILES string of the molecule is C=C(C#N)/N=C/C(=C)c1ccc(CN2CCCC2=O)cc1. The smallest absolute Gasteiger partial charge is 0.222 e. The van der Waals surface area contributed by atoms with Crippen molar-refractivity contribution < 1.29 is 4.79 Å². The van der Waals surface area contributed by atoms with E-state index in [2.05, 4.69) is 18.2 Å². The Balaban J connectivity index is 2.00. The number of benzene rings is 1. The molecule has 1 amide bonds. The molecule has 0 N–H and O–H groups in total. The van der Waals surface area contributed by atoms with Crippen LogP contribution in [0.1, 0.15) is 24.0 Å². The molecular weight excluding hydrogens is 262 g/mol. The third kappa shape index (κ3) is 3.90. The second-order valence-electron chi connectivity index (χ2n) is 4.96. The number of carbonyl (C=O) groups excluding carboxylic acids is 1. The Bertz CT molecular complexity index is 635. The van der Waals surface area contributed by atoms with Gasteiger partial charge in [-0.1, -0.05) is 37.4 Å². The van der Waals surface area contributed by atoms with Crippen LogP contribution in [0, 0.1) is 11.3 Å². The maximum atomic E-state index is 11.6. The fourth-order valence-corrected chi connectivity index (χ4v) is 2.18. The van der Waals surface area contributed by atoms with E-state index in [1.54, 1.807) is 0 Å². The number of likely N-dealkylation sites (tertiary alicyclic amines) is 1. The van der Waals surface area contributed by atoms with E-state index >= 15 is 0 Å². The van der Waals surface area contributed by atoms with Gasteiger partial charge in [0, 0.05) is 25.7 Å². The van der Waals surface area contributed by atoms with Gasteiger partial charge in [0.2, 0.25) is 5.91 Å². The second-order valence-corrected chi connectivity index (χ2v) is 4.96. The van der Waals surface area contributed by atoms with Crippen LogP contribution in [0.4, 0.5) is 0 Å². The number of carbonyl (C=O) groups is 1. The minimum Gasteiger partial charge on any atom is -0.338 e. The van der Waals surface area contributed by atoms with E-state index in [-0.39, 0.29) is 11.6 Å². The zero-order chi connectivity index (χ0) is 15.2. The molecule has 106 valence electrons. The van der Waals surface area contributed by atoms with Crippen LogP contribution < -0.4 is 0 Å². The molecule has 0 aliphatic carbocycles. The summed E-state index contributed by atoms with van der Waals surface area (Å²) in [5.41, 5.74) is 2.90. The van der Waals surface area contributed by atoms with E-state index in [9.17, 15) is 4.79 Å². The first kappa shape index (κ1) is 14.7. The molecule has 1 heterocycles. The lowest BCUT2D eigenvalue weighted by Gasteiger charge is -2.15. The van der Waals surface area contributed by atoms with Crippen LogP contribution in [0.3, 0.4) is 0 Å². The molecular formula is C17H17N3O. The zero-order valence-corrected chi connectivity index (χ0v) is 11.9. The molecule has 0 spiro atoms. The van der Waals surface area contributed by atoms with Gasteiger partial charge in [-0.05, 0) is 23.1 Å². The van der Waals surface area contributed by atoms with Gasteiger partial charge in [0.05, 0.1) is 0 Å². The number of rotatable bonds is 5. The molecule has 0 bridgehead atoms. The number of amides is 1. The minimum absolute atomic E-state index is 0.153. The summed E-state index contributed by atoms with van der Waals surface area (Å²) >= 11 is 0. The lowest BCUT2D eigenvalue weighted by molar-refractivity contribution is -0.128. The van der Waals surface area contributed by atoms with Crippen molar-refractivity contribution in [2.45, 2.75) is 19.4 Å². The van der Waals surface area contributed by atoms with Gasteiger partial charge < -0.3 is 4.90 Å². The fraction of sp³-hybridized carbons (Fsp3) is 0.235. The molecule has 21 heavy (non-hydrogen) atoms. The van der Waals surface area contributed by atoms with Crippen molar-refractivity contribution in [3.63, 3.8) is 0 Å². The summed E-state index contributed by atoms with van der Waals surface area (Å²) in [5.74, 6) is 0.227. The van der Waals surface area contributed by atoms with Gasteiger partial charge in [-0.15, -0.1) is 0 Å². The molecule has 2 rings (SSSR count). The van der Waals surface area contributed by atoms with Crippen molar-refractivity contribution in [3.05, 3.63) is 54.2 Å². The van der Waals surface area contributed by atoms with Gasteiger partial charge in [0.15, 0.2) is 0 Å². The van der Waals surface area contributed by atoms with Crippen LogP contribution in [0.25, 0.3) is 5.57 Å². The largest absolute Gasteiger partial charge is 0.338 e. The van der Waals surface area contributed by atoms with Gasteiger partial charge >= 0.3 is 0 Å². The quantitative estimate of drug-likeness (QED) is 0.614.